The number of para-hydroxylation sites is 1. The summed E-state index contributed by atoms with van der Waals surface area (Å²) in [5, 5.41) is 26.4. The van der Waals surface area contributed by atoms with Crippen LogP contribution >= 0.6 is 0 Å². The molecule has 1 saturated heterocycles. The average molecular weight is 1400 g/mol. The number of carbonyl (C=O) groups is 11. The van der Waals surface area contributed by atoms with Gasteiger partial charge in [0.2, 0.25) is 23.3 Å². The summed E-state index contributed by atoms with van der Waals surface area (Å²) in [6.45, 7) is 23.0. The molecule has 0 aliphatic carbocycles. The number of hydrogen-bond acceptors (Lipinski definition) is 21. The molecular weight excluding hydrogens is 1300 g/mol. The van der Waals surface area contributed by atoms with E-state index in [1.54, 1.807) is 93.7 Å². The van der Waals surface area contributed by atoms with Crippen molar-refractivity contribution in [2.75, 3.05) is 59.3 Å². The number of ether oxygens (including phenoxy) is 8. The van der Waals surface area contributed by atoms with Gasteiger partial charge in [0.1, 0.15) is 53.6 Å². The minimum atomic E-state index is -2.08. The lowest BCUT2D eigenvalue weighted by Crippen LogP contribution is -2.57. The van der Waals surface area contributed by atoms with Crippen LogP contribution in [0.25, 0.3) is 22.3 Å². The molecule has 2 aromatic heterocycles. The highest BCUT2D eigenvalue weighted by Gasteiger charge is 2.52. The average Bonchev–Trinajstić information content (AvgIpc) is 1.47. The molecule has 0 unspecified atom stereocenters. The number of cyclic esters (lactones) is 1. The Morgan fingerprint density at radius 3 is 1.92 bits per heavy atom. The molecule has 6 rings (SSSR count). The third-order valence-electron chi connectivity index (χ3n) is 16.4. The molecule has 7 amide bonds. The molecule has 1 fully saturated rings. The predicted octanol–water partition coefficient (Wildman–Crippen LogP) is 5.04. The summed E-state index contributed by atoms with van der Waals surface area (Å²) < 4.78 is 46.3. The molecule has 0 saturated carbocycles. The van der Waals surface area contributed by atoms with Crippen molar-refractivity contribution in [1.82, 2.24) is 46.4 Å². The Labute approximate surface area is 582 Å². The molecule has 0 radical (unpaired) electrons. The lowest BCUT2D eigenvalue weighted by molar-refractivity contribution is -0.191. The summed E-state index contributed by atoms with van der Waals surface area (Å²) in [6, 6.07) is 1.56. The molecule has 0 spiro atoms. The van der Waals surface area contributed by atoms with E-state index in [0.29, 0.717) is 37.1 Å². The number of benzene rings is 1. The molecule has 3 aromatic rings. The summed E-state index contributed by atoms with van der Waals surface area (Å²) >= 11 is 0. The molecular formula is C70H101N9O21. The number of rotatable bonds is 35. The summed E-state index contributed by atoms with van der Waals surface area (Å²) in [4.78, 5) is 167. The Kier molecular flexibility index (Phi) is 28.9. The van der Waals surface area contributed by atoms with Crippen LogP contribution in [0.2, 0.25) is 0 Å². The number of carboxylic acids is 1. The van der Waals surface area contributed by atoms with Gasteiger partial charge in [-0.2, -0.15) is 0 Å². The molecule has 30 nitrogen and oxygen atoms in total. The number of aliphatic carboxylic acids is 1. The Morgan fingerprint density at radius 2 is 1.31 bits per heavy atom. The molecule has 6 atom stereocenters. The van der Waals surface area contributed by atoms with Gasteiger partial charge in [-0.05, 0) is 137 Å². The van der Waals surface area contributed by atoms with E-state index in [1.165, 1.54) is 4.90 Å². The van der Waals surface area contributed by atoms with Gasteiger partial charge >= 0.3 is 47.9 Å². The van der Waals surface area contributed by atoms with Crippen LogP contribution in [-0.2, 0) is 106 Å². The Bertz CT molecular complexity index is 3520. The second kappa shape index (κ2) is 36.0. The summed E-state index contributed by atoms with van der Waals surface area (Å²) in [5.74, 6) is -8.23. The highest BCUT2D eigenvalue weighted by atomic mass is 16.6. The third kappa shape index (κ3) is 22.9. The lowest BCUT2D eigenvalue weighted by atomic mass is 9.85. The number of urea groups is 2. The SMILES string of the molecule is CCc1c2c(nc3ccccc13)-c1cc3c(c(=O)n1C2)COC(=O)[C@@]3(CC)OC(=O)[C@@H](NC(=O)[C@@H]1CCCN1C(=O)[C@H](CC(=O)O)NC(=O)CCOCCOCCOCCNC(=O)NCCCC[C@H](NC(=O)N[C@@H](CCC(=O)OC(C)(C)C)C(=O)OC(C)(C)C)C(=O)OC(C)(C)C)C(C)C. The van der Waals surface area contributed by atoms with Gasteiger partial charge in [-0.1, -0.05) is 45.9 Å². The highest BCUT2D eigenvalue weighted by molar-refractivity contribution is 5.97. The number of esters is 5. The van der Waals surface area contributed by atoms with E-state index in [9.17, 15) is 62.6 Å². The van der Waals surface area contributed by atoms with Crippen molar-refractivity contribution >= 4 is 76.5 Å². The largest absolute Gasteiger partial charge is 0.481 e. The fourth-order valence-electron chi connectivity index (χ4n) is 11.7. The maximum Gasteiger partial charge on any atom is 0.355 e. The van der Waals surface area contributed by atoms with Crippen molar-refractivity contribution in [3.8, 4) is 11.4 Å². The van der Waals surface area contributed by atoms with Crippen LogP contribution in [0, 0.1) is 5.92 Å². The first-order valence-corrected chi connectivity index (χ1v) is 34.3. The van der Waals surface area contributed by atoms with Gasteiger partial charge in [-0.15, -0.1) is 0 Å². The van der Waals surface area contributed by atoms with Gasteiger partial charge in [0.15, 0.2) is 0 Å². The van der Waals surface area contributed by atoms with Crippen molar-refractivity contribution in [2.45, 2.75) is 226 Å². The number of carboxylic acid groups (broad SMARTS) is 1. The van der Waals surface area contributed by atoms with Crippen LogP contribution in [0.5, 0.6) is 0 Å². The van der Waals surface area contributed by atoms with E-state index in [0.717, 1.165) is 22.0 Å². The number of amides is 7. The van der Waals surface area contributed by atoms with Gasteiger partial charge in [0.05, 0.1) is 75.1 Å². The monoisotopic (exact) mass is 1400 g/mol. The minimum absolute atomic E-state index is 0.0415. The van der Waals surface area contributed by atoms with E-state index in [2.05, 4.69) is 31.9 Å². The van der Waals surface area contributed by atoms with Gasteiger partial charge in [0.25, 0.3) is 5.56 Å². The first-order chi connectivity index (χ1) is 47.1. The smallest absolute Gasteiger partial charge is 0.355 e. The van der Waals surface area contributed by atoms with Crippen molar-refractivity contribution in [1.29, 1.82) is 0 Å². The summed E-state index contributed by atoms with van der Waals surface area (Å²) in [5.41, 5.74) is -1.05. The van der Waals surface area contributed by atoms with Crippen molar-refractivity contribution in [3.05, 3.63) is 62.9 Å². The standard InChI is InChI=1S/C70H101N9O21/c1-14-42-43-21-16-17-22-47(43)74-57-44(42)39-79-52(57)37-46-45(59(79)85)40-96-64(90)70(46,15-2)100-63(89)56(41(3)4)77-58(84)51-24-20-30-78(51)60(86)50(38-54(81)82)73-53(80)27-31-93-33-35-95-36-34-94-32-29-72-65(91)71-28-19-18-23-48(61(87)98-68(8,9)10)75-66(92)76-49(62(88)99-69(11,12)13)25-26-55(83)97-67(5,6)7/h16-17,21-22,37,41,48-51,56H,14-15,18-20,23-36,38-40H2,1-13H3,(H,73,80)(H,77,84)(H,81,82)(H2,71,72,91)(H2,75,76,92)/t48-,49-,50-,51-,56-,70-/m0/s1. The predicted molar refractivity (Wildman–Crippen MR) is 362 cm³/mol. The highest BCUT2D eigenvalue weighted by Crippen LogP contribution is 2.42. The number of likely N-dealkylation sites (tertiary alicyclic amines) is 1. The molecule has 1 aromatic carbocycles. The second-order valence-electron chi connectivity index (χ2n) is 28.1. The number of nitrogens with zero attached hydrogens (tertiary/aromatic N) is 3. The van der Waals surface area contributed by atoms with E-state index >= 15 is 0 Å². The maximum absolute atomic E-state index is 14.4. The van der Waals surface area contributed by atoms with E-state index in [-0.39, 0.29) is 122 Å². The zero-order valence-electron chi connectivity index (χ0n) is 59.9. The fourth-order valence-corrected chi connectivity index (χ4v) is 11.7. The topological polar surface area (TPSA) is 392 Å². The second-order valence-corrected chi connectivity index (χ2v) is 28.1. The molecule has 552 valence electrons. The van der Waals surface area contributed by atoms with E-state index in [4.69, 9.17) is 42.9 Å². The third-order valence-corrected chi connectivity index (χ3v) is 16.4. The van der Waals surface area contributed by atoms with Crippen LogP contribution in [0.15, 0.2) is 35.1 Å². The minimum Gasteiger partial charge on any atom is -0.481 e. The fraction of sp³-hybridized carbons (Fsp3) is 0.643. The van der Waals surface area contributed by atoms with E-state index in [1.807, 2.05) is 31.2 Å². The number of carbonyl (C=O) groups excluding carboxylic acids is 10. The number of aromatic nitrogens is 2. The van der Waals surface area contributed by atoms with Crippen LogP contribution in [0.1, 0.15) is 176 Å². The number of nitrogens with one attached hydrogen (secondary N) is 6. The van der Waals surface area contributed by atoms with Crippen molar-refractivity contribution in [3.63, 3.8) is 0 Å². The van der Waals surface area contributed by atoms with Gasteiger partial charge in [-0.3, -0.25) is 28.8 Å². The first-order valence-electron chi connectivity index (χ1n) is 34.3. The molecule has 30 heteroatoms. The Morgan fingerprint density at radius 1 is 0.700 bits per heavy atom. The Balaban J connectivity index is 0.882. The summed E-state index contributed by atoms with van der Waals surface area (Å²) in [7, 11) is 0. The van der Waals surface area contributed by atoms with Crippen LogP contribution in [0.4, 0.5) is 9.59 Å². The lowest BCUT2D eigenvalue weighted by Gasteiger charge is -2.37. The van der Waals surface area contributed by atoms with Crippen molar-refractivity contribution < 1.29 is 95.7 Å². The molecule has 100 heavy (non-hydrogen) atoms. The number of hydrogen-bond donors (Lipinski definition) is 7. The van der Waals surface area contributed by atoms with Gasteiger partial charge in [0, 0.05) is 49.0 Å². The molecule has 3 aliphatic heterocycles. The Hall–Kier alpha value is -8.77. The van der Waals surface area contributed by atoms with Crippen LogP contribution in [-0.4, -0.2) is 191 Å². The zero-order valence-corrected chi connectivity index (χ0v) is 59.9. The molecule has 5 heterocycles. The quantitative estimate of drug-likeness (QED) is 0.0180. The van der Waals surface area contributed by atoms with Crippen molar-refractivity contribution in [2.24, 2.45) is 5.92 Å². The molecule has 3 aliphatic rings. The number of fused-ring (bicyclic) bond motifs is 5. The maximum atomic E-state index is 14.4. The first kappa shape index (κ1) is 80.2. The number of unbranched alkanes of at least 4 members (excludes halogenated alkanes) is 1. The van der Waals surface area contributed by atoms with Gasteiger partial charge < -0.3 is 84.4 Å². The molecule has 7 N–H and O–H groups in total. The normalized spacial score (nSPS) is 16.9. The van der Waals surface area contributed by atoms with E-state index < -0.39 is 136 Å². The number of aryl methyl sites for hydroxylation is 1. The van der Waals surface area contributed by atoms with Crippen LogP contribution in [0.3, 0.4) is 0 Å². The van der Waals surface area contributed by atoms with Crippen LogP contribution < -0.4 is 37.5 Å². The zero-order chi connectivity index (χ0) is 73.9. The number of pyridine rings is 2. The summed E-state index contributed by atoms with van der Waals surface area (Å²) in [6.07, 6.45) is 0.585. The van der Waals surface area contributed by atoms with Gasteiger partial charge in [-0.25, -0.2) is 33.8 Å². The molecule has 0 bridgehead atoms.